The molecule has 21 heavy (non-hydrogen) atoms. The number of aromatic nitrogens is 1. The molecule has 1 aromatic rings. The lowest BCUT2D eigenvalue weighted by molar-refractivity contribution is -0.142. The Balaban J connectivity index is 2.87. The number of rotatable bonds is 8. The number of nitrogens with zero attached hydrogens (tertiary/aromatic N) is 2. The molecule has 0 fully saturated rings. The van der Waals surface area contributed by atoms with E-state index in [1.807, 2.05) is 32.2 Å². The average Bonchev–Trinajstić information content (AvgIpc) is 2.46. The normalized spacial score (nSPS) is 11.5. The molecule has 2 N–H and O–H groups in total. The molecule has 0 aromatic carbocycles. The minimum absolute atomic E-state index is 0.150. The van der Waals surface area contributed by atoms with Crippen LogP contribution in [0, 0.1) is 12.3 Å². The molecule has 0 spiro atoms. The van der Waals surface area contributed by atoms with Crippen LogP contribution in [-0.2, 0) is 11.3 Å². The molecule has 4 heteroatoms. The highest BCUT2D eigenvalue weighted by atomic mass is 16.2. The van der Waals surface area contributed by atoms with E-state index in [0.717, 1.165) is 37.1 Å². The van der Waals surface area contributed by atoms with E-state index >= 15 is 0 Å². The van der Waals surface area contributed by atoms with Crippen molar-refractivity contribution in [1.82, 2.24) is 9.88 Å². The number of aryl methyl sites for hydroxylation is 1. The average molecular weight is 291 g/mol. The third-order valence-electron chi connectivity index (χ3n) is 3.99. The van der Waals surface area contributed by atoms with Gasteiger partial charge < -0.3 is 10.6 Å². The Kier molecular flexibility index (Phi) is 6.82. The Bertz CT molecular complexity index is 453. The topological polar surface area (TPSA) is 59.2 Å². The van der Waals surface area contributed by atoms with Crippen molar-refractivity contribution in [2.24, 2.45) is 11.1 Å². The molecule has 0 bridgehead atoms. The van der Waals surface area contributed by atoms with Gasteiger partial charge in [0.2, 0.25) is 5.91 Å². The van der Waals surface area contributed by atoms with Gasteiger partial charge in [0.05, 0.1) is 17.7 Å². The minimum Gasteiger partial charge on any atom is -0.339 e. The van der Waals surface area contributed by atoms with Crippen molar-refractivity contribution in [3.63, 3.8) is 0 Å². The van der Waals surface area contributed by atoms with Gasteiger partial charge in [0.1, 0.15) is 0 Å². The van der Waals surface area contributed by atoms with Gasteiger partial charge in [-0.15, -0.1) is 0 Å². The fraction of sp³-hybridized carbons (Fsp3) is 0.647. The van der Waals surface area contributed by atoms with Crippen molar-refractivity contribution in [2.45, 2.75) is 53.0 Å². The Labute approximate surface area is 128 Å². The molecule has 1 heterocycles. The van der Waals surface area contributed by atoms with E-state index < -0.39 is 5.41 Å². The number of nitrogens with two attached hydrogens (primary N) is 1. The Morgan fingerprint density at radius 2 is 1.90 bits per heavy atom. The molecule has 1 rings (SSSR count). The summed E-state index contributed by atoms with van der Waals surface area (Å²) < 4.78 is 0. The molecule has 118 valence electrons. The minimum atomic E-state index is -0.415. The van der Waals surface area contributed by atoms with Crippen molar-refractivity contribution < 1.29 is 4.79 Å². The highest BCUT2D eigenvalue weighted by molar-refractivity contribution is 5.82. The Hall–Kier alpha value is -1.42. The van der Waals surface area contributed by atoms with Crippen LogP contribution in [-0.4, -0.2) is 29.4 Å². The Morgan fingerprint density at radius 3 is 2.38 bits per heavy atom. The summed E-state index contributed by atoms with van der Waals surface area (Å²) in [6.07, 6.45) is 3.64. The molecule has 1 amide bonds. The van der Waals surface area contributed by atoms with Crippen LogP contribution in [0.3, 0.4) is 0 Å². The van der Waals surface area contributed by atoms with Gasteiger partial charge in [-0.3, -0.25) is 9.78 Å². The zero-order valence-corrected chi connectivity index (χ0v) is 13.9. The zero-order valence-electron chi connectivity index (χ0n) is 13.9. The van der Waals surface area contributed by atoms with Crippen LogP contribution in [0.4, 0.5) is 0 Å². The first-order chi connectivity index (χ1) is 9.99. The van der Waals surface area contributed by atoms with Crippen LogP contribution in [0.2, 0.25) is 0 Å². The van der Waals surface area contributed by atoms with E-state index in [1.165, 1.54) is 0 Å². The second-order valence-electron chi connectivity index (χ2n) is 5.92. The second kappa shape index (κ2) is 8.13. The summed E-state index contributed by atoms with van der Waals surface area (Å²) in [5, 5.41) is 0. The van der Waals surface area contributed by atoms with Gasteiger partial charge in [0.15, 0.2) is 0 Å². The molecule has 0 saturated heterocycles. The lowest BCUT2D eigenvalue weighted by atomic mass is 9.78. The van der Waals surface area contributed by atoms with Gasteiger partial charge in [-0.25, -0.2) is 0 Å². The quantitative estimate of drug-likeness (QED) is 0.801. The van der Waals surface area contributed by atoms with Crippen molar-refractivity contribution >= 4 is 5.91 Å². The molecule has 0 unspecified atom stereocenters. The maximum absolute atomic E-state index is 12.9. The number of hydrogen-bond acceptors (Lipinski definition) is 3. The predicted molar refractivity (Wildman–Crippen MR) is 86.8 cm³/mol. The number of hydrogen-bond donors (Lipinski definition) is 1. The van der Waals surface area contributed by atoms with Gasteiger partial charge in [-0.1, -0.05) is 32.8 Å². The van der Waals surface area contributed by atoms with Crippen molar-refractivity contribution in [3.05, 3.63) is 29.6 Å². The summed E-state index contributed by atoms with van der Waals surface area (Å²) in [6, 6.07) is 5.90. The van der Waals surface area contributed by atoms with Gasteiger partial charge in [-0.05, 0) is 31.9 Å². The van der Waals surface area contributed by atoms with E-state index in [9.17, 15) is 4.79 Å². The molecular formula is C17H29N3O. The van der Waals surface area contributed by atoms with Crippen molar-refractivity contribution in [1.29, 1.82) is 0 Å². The van der Waals surface area contributed by atoms with Crippen LogP contribution in [0.5, 0.6) is 0 Å². The molecule has 0 saturated carbocycles. The van der Waals surface area contributed by atoms with Crippen molar-refractivity contribution in [2.75, 3.05) is 13.6 Å². The molecule has 1 aromatic heterocycles. The van der Waals surface area contributed by atoms with E-state index in [-0.39, 0.29) is 5.91 Å². The van der Waals surface area contributed by atoms with E-state index in [1.54, 1.807) is 4.90 Å². The number of amides is 1. The van der Waals surface area contributed by atoms with Crippen LogP contribution < -0.4 is 5.73 Å². The summed E-state index contributed by atoms with van der Waals surface area (Å²) in [5.74, 6) is 0.150. The second-order valence-corrected chi connectivity index (χ2v) is 5.92. The molecule has 4 nitrogen and oxygen atoms in total. The van der Waals surface area contributed by atoms with Crippen LogP contribution >= 0.6 is 0 Å². The van der Waals surface area contributed by atoms with Crippen LogP contribution in [0.15, 0.2) is 18.2 Å². The first kappa shape index (κ1) is 17.6. The van der Waals surface area contributed by atoms with E-state index in [4.69, 9.17) is 5.73 Å². The summed E-state index contributed by atoms with van der Waals surface area (Å²) in [6.45, 7) is 7.13. The van der Waals surface area contributed by atoms with Gasteiger partial charge >= 0.3 is 0 Å². The lowest BCUT2D eigenvalue weighted by Crippen LogP contribution is -2.46. The number of pyridine rings is 1. The summed E-state index contributed by atoms with van der Waals surface area (Å²) in [4.78, 5) is 19.1. The third kappa shape index (κ3) is 4.53. The lowest BCUT2D eigenvalue weighted by Gasteiger charge is -2.34. The third-order valence-corrected chi connectivity index (χ3v) is 3.99. The first-order valence-corrected chi connectivity index (χ1v) is 7.87. The summed E-state index contributed by atoms with van der Waals surface area (Å²) in [7, 11) is 1.85. The van der Waals surface area contributed by atoms with Gasteiger partial charge in [0.25, 0.3) is 0 Å². The SMILES string of the molecule is CCCC(CN)(CCC)C(=O)N(C)Cc1cccc(C)n1. The smallest absolute Gasteiger partial charge is 0.230 e. The van der Waals surface area contributed by atoms with E-state index in [2.05, 4.69) is 18.8 Å². The van der Waals surface area contributed by atoms with Crippen molar-refractivity contribution in [3.8, 4) is 0 Å². The summed E-state index contributed by atoms with van der Waals surface area (Å²) >= 11 is 0. The largest absolute Gasteiger partial charge is 0.339 e. The molecule has 0 aliphatic carbocycles. The Morgan fingerprint density at radius 1 is 1.29 bits per heavy atom. The molecule has 0 aliphatic rings. The van der Waals surface area contributed by atoms with Crippen LogP contribution in [0.1, 0.15) is 50.9 Å². The first-order valence-electron chi connectivity index (χ1n) is 7.87. The maximum Gasteiger partial charge on any atom is 0.230 e. The number of carbonyl (C=O) groups is 1. The molecule has 0 aliphatic heterocycles. The molecule has 0 atom stereocenters. The fourth-order valence-electron chi connectivity index (χ4n) is 2.99. The predicted octanol–water partition coefficient (Wildman–Crippen LogP) is 2.89. The summed E-state index contributed by atoms with van der Waals surface area (Å²) in [5.41, 5.74) is 7.45. The van der Waals surface area contributed by atoms with Gasteiger partial charge in [-0.2, -0.15) is 0 Å². The van der Waals surface area contributed by atoms with Gasteiger partial charge in [0, 0.05) is 19.3 Å². The fourth-order valence-corrected chi connectivity index (χ4v) is 2.99. The molecule has 0 radical (unpaired) electrons. The number of carbonyl (C=O) groups excluding carboxylic acids is 1. The maximum atomic E-state index is 12.9. The highest BCUT2D eigenvalue weighted by Gasteiger charge is 2.37. The monoisotopic (exact) mass is 291 g/mol. The highest BCUT2D eigenvalue weighted by Crippen LogP contribution is 2.31. The van der Waals surface area contributed by atoms with Crippen LogP contribution in [0.25, 0.3) is 0 Å². The molecular weight excluding hydrogens is 262 g/mol. The zero-order chi connectivity index (χ0) is 15.9. The standard InChI is InChI=1S/C17H29N3O/c1-5-10-17(13-18,11-6-2)16(21)20(4)12-15-9-7-8-14(3)19-15/h7-9H,5-6,10-13,18H2,1-4H3. The van der Waals surface area contributed by atoms with E-state index in [0.29, 0.717) is 13.1 Å².